The average Bonchev–Trinajstić information content (AvgIpc) is 2.89. The Hall–Kier alpha value is -2.37. The van der Waals surface area contributed by atoms with Crippen LogP contribution in [0.5, 0.6) is 0 Å². The molecular weight excluding hydrogens is 282 g/mol. The fraction of sp³-hybridized carbons (Fsp3) is 0.438. The van der Waals surface area contributed by atoms with E-state index in [1.165, 1.54) is 0 Å². The van der Waals surface area contributed by atoms with Gasteiger partial charge in [0.15, 0.2) is 0 Å². The van der Waals surface area contributed by atoms with Gasteiger partial charge in [-0.2, -0.15) is 0 Å². The maximum Gasteiger partial charge on any atom is 0.311 e. The summed E-state index contributed by atoms with van der Waals surface area (Å²) >= 11 is 0. The molecule has 3 rings (SSSR count). The minimum absolute atomic E-state index is 0.0596. The Labute approximate surface area is 128 Å². The van der Waals surface area contributed by atoms with Gasteiger partial charge >= 0.3 is 5.97 Å². The molecule has 6 nitrogen and oxygen atoms in total. The number of amides is 1. The molecule has 1 aliphatic heterocycles. The van der Waals surface area contributed by atoms with Crippen LogP contribution in [0.2, 0.25) is 0 Å². The number of nitrogens with zero attached hydrogens (tertiary/aromatic N) is 3. The van der Waals surface area contributed by atoms with Gasteiger partial charge in [-0.05, 0) is 31.9 Å². The predicted molar refractivity (Wildman–Crippen MR) is 80.5 cm³/mol. The van der Waals surface area contributed by atoms with Crippen molar-refractivity contribution in [3.05, 3.63) is 36.3 Å². The van der Waals surface area contributed by atoms with Crippen molar-refractivity contribution in [2.24, 2.45) is 5.41 Å². The highest BCUT2D eigenvalue weighted by Gasteiger charge is 2.39. The van der Waals surface area contributed by atoms with Crippen molar-refractivity contribution in [3.8, 4) is 0 Å². The molecule has 6 heteroatoms. The monoisotopic (exact) mass is 301 g/mol. The zero-order valence-electron chi connectivity index (χ0n) is 12.5. The highest BCUT2D eigenvalue weighted by atomic mass is 16.4. The van der Waals surface area contributed by atoms with Crippen LogP contribution in [-0.2, 0) is 16.0 Å². The summed E-state index contributed by atoms with van der Waals surface area (Å²) in [6.07, 6.45) is 5.27. The van der Waals surface area contributed by atoms with Gasteiger partial charge in [0.25, 0.3) is 0 Å². The fourth-order valence-corrected chi connectivity index (χ4v) is 2.97. The van der Waals surface area contributed by atoms with Crippen LogP contribution in [0.3, 0.4) is 0 Å². The molecule has 1 unspecified atom stereocenters. The first-order valence-electron chi connectivity index (χ1n) is 7.42. The van der Waals surface area contributed by atoms with Crippen LogP contribution in [-0.4, -0.2) is 44.4 Å². The molecule has 3 heterocycles. The van der Waals surface area contributed by atoms with Crippen LogP contribution in [0.15, 0.2) is 30.6 Å². The van der Waals surface area contributed by atoms with Gasteiger partial charge in [0.1, 0.15) is 5.65 Å². The Morgan fingerprint density at radius 2 is 2.23 bits per heavy atom. The van der Waals surface area contributed by atoms with Gasteiger partial charge in [0, 0.05) is 25.5 Å². The molecule has 1 aliphatic rings. The standard InChI is InChI=1S/C16H19N3O3/c1-16(15(21)22)6-4-8-19(11-16)14(20)9-12-10-18-7-3-2-5-13(18)17-12/h2-3,5,7,10H,4,6,8-9,11H2,1H3,(H,21,22). The summed E-state index contributed by atoms with van der Waals surface area (Å²) in [7, 11) is 0. The molecule has 1 saturated heterocycles. The van der Waals surface area contributed by atoms with Crippen molar-refractivity contribution in [3.63, 3.8) is 0 Å². The number of hydrogen-bond donors (Lipinski definition) is 1. The predicted octanol–water partition coefficient (Wildman–Crippen LogP) is 1.59. The number of piperidine rings is 1. The topological polar surface area (TPSA) is 74.9 Å². The third kappa shape index (κ3) is 2.68. The minimum atomic E-state index is -0.840. The molecular formula is C16H19N3O3. The largest absolute Gasteiger partial charge is 0.481 e. The second-order valence-corrected chi connectivity index (χ2v) is 6.16. The van der Waals surface area contributed by atoms with E-state index in [0.717, 1.165) is 12.1 Å². The Morgan fingerprint density at radius 3 is 2.95 bits per heavy atom. The van der Waals surface area contributed by atoms with Crippen LogP contribution in [0, 0.1) is 5.41 Å². The number of carboxylic acids is 1. The zero-order valence-corrected chi connectivity index (χ0v) is 12.5. The van der Waals surface area contributed by atoms with Crippen LogP contribution in [0.4, 0.5) is 0 Å². The Bertz CT molecular complexity index is 691. The van der Waals surface area contributed by atoms with Gasteiger partial charge in [-0.1, -0.05) is 6.07 Å². The van der Waals surface area contributed by atoms with Gasteiger partial charge in [-0.15, -0.1) is 0 Å². The molecule has 0 aromatic carbocycles. The number of rotatable bonds is 3. The summed E-state index contributed by atoms with van der Waals surface area (Å²) < 4.78 is 1.88. The molecule has 0 saturated carbocycles. The highest BCUT2D eigenvalue weighted by molar-refractivity contribution is 5.81. The number of imidazole rings is 1. The molecule has 0 radical (unpaired) electrons. The van der Waals surface area contributed by atoms with E-state index in [0.29, 0.717) is 18.7 Å². The Morgan fingerprint density at radius 1 is 1.41 bits per heavy atom. The smallest absolute Gasteiger partial charge is 0.311 e. The SMILES string of the molecule is CC1(C(=O)O)CCCN(C(=O)Cc2cn3ccccc3n2)C1. The number of pyridine rings is 1. The van der Waals surface area contributed by atoms with E-state index in [1.807, 2.05) is 35.0 Å². The lowest BCUT2D eigenvalue weighted by Crippen LogP contribution is -2.48. The summed E-state index contributed by atoms with van der Waals surface area (Å²) in [6, 6.07) is 5.69. The van der Waals surface area contributed by atoms with Crippen molar-refractivity contribution in [1.82, 2.24) is 14.3 Å². The molecule has 22 heavy (non-hydrogen) atoms. The lowest BCUT2D eigenvalue weighted by molar-refractivity contribution is -0.153. The maximum atomic E-state index is 12.4. The van der Waals surface area contributed by atoms with Crippen molar-refractivity contribution in [2.75, 3.05) is 13.1 Å². The number of carboxylic acid groups (broad SMARTS) is 1. The van der Waals surface area contributed by atoms with Crippen LogP contribution >= 0.6 is 0 Å². The van der Waals surface area contributed by atoms with E-state index >= 15 is 0 Å². The molecule has 1 amide bonds. The summed E-state index contributed by atoms with van der Waals surface area (Å²) in [5, 5.41) is 9.33. The van der Waals surface area contributed by atoms with E-state index < -0.39 is 11.4 Å². The second-order valence-electron chi connectivity index (χ2n) is 6.16. The van der Waals surface area contributed by atoms with Crippen LogP contribution in [0.25, 0.3) is 5.65 Å². The third-order valence-electron chi connectivity index (χ3n) is 4.31. The van der Waals surface area contributed by atoms with Crippen molar-refractivity contribution in [2.45, 2.75) is 26.2 Å². The molecule has 0 spiro atoms. The molecule has 1 N–H and O–H groups in total. The lowest BCUT2D eigenvalue weighted by Gasteiger charge is -2.37. The first-order valence-corrected chi connectivity index (χ1v) is 7.42. The number of fused-ring (bicyclic) bond motifs is 1. The maximum absolute atomic E-state index is 12.4. The van der Waals surface area contributed by atoms with Crippen molar-refractivity contribution in [1.29, 1.82) is 0 Å². The Balaban J connectivity index is 1.72. The molecule has 2 aromatic rings. The average molecular weight is 301 g/mol. The summed E-state index contributed by atoms with van der Waals surface area (Å²) in [6.45, 7) is 2.60. The molecule has 1 atom stereocenters. The molecule has 1 fully saturated rings. The quantitative estimate of drug-likeness (QED) is 0.934. The number of carbonyl (C=O) groups is 2. The van der Waals surface area contributed by atoms with E-state index in [4.69, 9.17) is 0 Å². The fourth-order valence-electron chi connectivity index (χ4n) is 2.97. The van der Waals surface area contributed by atoms with Crippen molar-refractivity contribution >= 4 is 17.5 Å². The van der Waals surface area contributed by atoms with Crippen LogP contribution < -0.4 is 0 Å². The lowest BCUT2D eigenvalue weighted by atomic mass is 9.82. The third-order valence-corrected chi connectivity index (χ3v) is 4.31. The second kappa shape index (κ2) is 5.44. The molecule has 0 aliphatic carbocycles. The van der Waals surface area contributed by atoms with E-state index in [1.54, 1.807) is 11.8 Å². The number of likely N-dealkylation sites (tertiary alicyclic amines) is 1. The molecule has 0 bridgehead atoms. The summed E-state index contributed by atoms with van der Waals surface area (Å²) in [5.41, 5.74) is 0.672. The number of aromatic nitrogens is 2. The molecule has 116 valence electrons. The summed E-state index contributed by atoms with van der Waals surface area (Å²) in [4.78, 5) is 29.9. The van der Waals surface area contributed by atoms with Crippen molar-refractivity contribution < 1.29 is 14.7 Å². The first-order chi connectivity index (χ1) is 10.5. The number of carbonyl (C=O) groups excluding carboxylic acids is 1. The van der Waals surface area contributed by atoms with E-state index in [2.05, 4.69) is 4.98 Å². The highest BCUT2D eigenvalue weighted by Crippen LogP contribution is 2.29. The molecule has 2 aromatic heterocycles. The van der Waals surface area contributed by atoms with E-state index in [9.17, 15) is 14.7 Å². The Kier molecular flexibility index (Phi) is 3.60. The van der Waals surface area contributed by atoms with Gasteiger partial charge in [0.05, 0.1) is 17.5 Å². The van der Waals surface area contributed by atoms with Crippen LogP contribution in [0.1, 0.15) is 25.5 Å². The normalized spacial score (nSPS) is 22.0. The summed E-state index contributed by atoms with van der Waals surface area (Å²) in [5.74, 6) is -0.895. The number of hydrogen-bond acceptors (Lipinski definition) is 3. The van der Waals surface area contributed by atoms with Gasteiger partial charge in [-0.25, -0.2) is 4.98 Å². The zero-order chi connectivity index (χ0) is 15.7. The van der Waals surface area contributed by atoms with Gasteiger partial charge in [-0.3, -0.25) is 9.59 Å². The van der Waals surface area contributed by atoms with Gasteiger partial charge in [0.2, 0.25) is 5.91 Å². The first kappa shape index (κ1) is 14.6. The van der Waals surface area contributed by atoms with Gasteiger partial charge < -0.3 is 14.4 Å². The minimum Gasteiger partial charge on any atom is -0.481 e. The number of aliphatic carboxylic acids is 1. The van der Waals surface area contributed by atoms with E-state index in [-0.39, 0.29) is 18.9 Å².